The van der Waals surface area contributed by atoms with Crippen molar-refractivity contribution in [2.24, 2.45) is 11.7 Å². The molecule has 1 saturated heterocycles. The minimum Gasteiger partial charge on any atom is -0.342 e. The lowest BCUT2D eigenvalue weighted by Crippen LogP contribution is -2.41. The predicted molar refractivity (Wildman–Crippen MR) is 73.1 cm³/mol. The smallest absolute Gasteiger partial charge is 0.226 e. The van der Waals surface area contributed by atoms with Crippen molar-refractivity contribution in [3.05, 3.63) is 35.9 Å². The van der Waals surface area contributed by atoms with Crippen LogP contribution in [0.25, 0.3) is 0 Å². The molecule has 98 valence electrons. The Bertz CT molecular complexity index is 375. The lowest BCUT2D eigenvalue weighted by molar-refractivity contribution is -0.132. The molecule has 18 heavy (non-hydrogen) atoms. The molecule has 1 aliphatic heterocycles. The average Bonchev–Trinajstić information content (AvgIpc) is 2.40. The lowest BCUT2D eigenvalue weighted by Gasteiger charge is -2.32. The van der Waals surface area contributed by atoms with Gasteiger partial charge in [-0.3, -0.25) is 4.79 Å². The van der Waals surface area contributed by atoms with Crippen molar-refractivity contribution in [1.29, 1.82) is 0 Å². The summed E-state index contributed by atoms with van der Waals surface area (Å²) in [6.07, 6.45) is 3.89. The number of piperidine rings is 1. The van der Waals surface area contributed by atoms with E-state index in [1.807, 2.05) is 35.2 Å². The highest BCUT2D eigenvalue weighted by atomic mass is 16.2. The third-order valence-corrected chi connectivity index (χ3v) is 3.64. The van der Waals surface area contributed by atoms with E-state index in [0.29, 0.717) is 12.3 Å². The van der Waals surface area contributed by atoms with Gasteiger partial charge in [-0.15, -0.1) is 0 Å². The Labute approximate surface area is 109 Å². The topological polar surface area (TPSA) is 46.3 Å². The van der Waals surface area contributed by atoms with E-state index in [4.69, 9.17) is 5.73 Å². The molecule has 1 atom stereocenters. The first-order valence-electron chi connectivity index (χ1n) is 6.81. The second-order valence-electron chi connectivity index (χ2n) is 5.09. The van der Waals surface area contributed by atoms with Crippen molar-refractivity contribution >= 4 is 5.91 Å². The van der Waals surface area contributed by atoms with E-state index < -0.39 is 0 Å². The Morgan fingerprint density at radius 1 is 1.33 bits per heavy atom. The highest BCUT2D eigenvalue weighted by Crippen LogP contribution is 2.19. The summed E-state index contributed by atoms with van der Waals surface area (Å²) in [6.45, 7) is 2.53. The van der Waals surface area contributed by atoms with Gasteiger partial charge in [-0.05, 0) is 37.3 Å². The zero-order valence-electron chi connectivity index (χ0n) is 10.8. The van der Waals surface area contributed by atoms with E-state index in [9.17, 15) is 4.79 Å². The highest BCUT2D eigenvalue weighted by molar-refractivity contribution is 5.78. The van der Waals surface area contributed by atoms with Gasteiger partial charge >= 0.3 is 0 Å². The summed E-state index contributed by atoms with van der Waals surface area (Å²) < 4.78 is 0. The van der Waals surface area contributed by atoms with Crippen LogP contribution in [-0.2, 0) is 11.2 Å². The molecule has 0 radical (unpaired) electrons. The summed E-state index contributed by atoms with van der Waals surface area (Å²) >= 11 is 0. The summed E-state index contributed by atoms with van der Waals surface area (Å²) in [4.78, 5) is 14.2. The van der Waals surface area contributed by atoms with Crippen LogP contribution in [0.1, 0.15) is 24.8 Å². The second kappa shape index (κ2) is 6.55. The third-order valence-electron chi connectivity index (χ3n) is 3.64. The molecule has 1 unspecified atom stereocenters. The number of carbonyl (C=O) groups excluding carboxylic acids is 1. The van der Waals surface area contributed by atoms with E-state index in [-0.39, 0.29) is 5.91 Å². The van der Waals surface area contributed by atoms with Gasteiger partial charge in [0, 0.05) is 13.1 Å². The molecule has 0 saturated carbocycles. The van der Waals surface area contributed by atoms with Crippen molar-refractivity contribution in [3.8, 4) is 0 Å². The largest absolute Gasteiger partial charge is 0.342 e. The lowest BCUT2D eigenvalue weighted by atomic mass is 9.94. The summed E-state index contributed by atoms with van der Waals surface area (Å²) in [7, 11) is 0. The SMILES string of the molecule is NCCC1CCCN(C(=O)Cc2ccccc2)C1. The first kappa shape index (κ1) is 13.1. The van der Waals surface area contributed by atoms with E-state index in [0.717, 1.165) is 38.0 Å². The van der Waals surface area contributed by atoms with E-state index >= 15 is 0 Å². The summed E-state index contributed by atoms with van der Waals surface area (Å²) in [6, 6.07) is 9.97. The number of carbonyl (C=O) groups is 1. The molecule has 1 fully saturated rings. The molecule has 0 aliphatic carbocycles. The number of likely N-dealkylation sites (tertiary alicyclic amines) is 1. The highest BCUT2D eigenvalue weighted by Gasteiger charge is 2.22. The van der Waals surface area contributed by atoms with Crippen LogP contribution in [-0.4, -0.2) is 30.4 Å². The van der Waals surface area contributed by atoms with Crippen LogP contribution < -0.4 is 5.73 Å². The second-order valence-corrected chi connectivity index (χ2v) is 5.09. The number of hydrogen-bond donors (Lipinski definition) is 1. The zero-order chi connectivity index (χ0) is 12.8. The van der Waals surface area contributed by atoms with Crippen LogP contribution in [0.4, 0.5) is 0 Å². The molecule has 0 bridgehead atoms. The molecule has 0 aromatic heterocycles. The van der Waals surface area contributed by atoms with Gasteiger partial charge in [0.15, 0.2) is 0 Å². The zero-order valence-corrected chi connectivity index (χ0v) is 10.8. The number of hydrogen-bond acceptors (Lipinski definition) is 2. The van der Waals surface area contributed by atoms with Gasteiger partial charge < -0.3 is 10.6 Å². The molecule has 2 rings (SSSR count). The van der Waals surface area contributed by atoms with E-state index in [1.54, 1.807) is 0 Å². The van der Waals surface area contributed by atoms with Gasteiger partial charge in [0.2, 0.25) is 5.91 Å². The van der Waals surface area contributed by atoms with Crippen molar-refractivity contribution in [3.63, 3.8) is 0 Å². The molecular weight excluding hydrogens is 224 g/mol. The maximum atomic E-state index is 12.2. The van der Waals surface area contributed by atoms with Gasteiger partial charge in [0.25, 0.3) is 0 Å². The standard InChI is InChI=1S/C15H22N2O/c16-9-8-14-7-4-10-17(12-14)15(18)11-13-5-2-1-3-6-13/h1-3,5-6,14H,4,7-12,16H2. The van der Waals surface area contributed by atoms with Gasteiger partial charge in [-0.25, -0.2) is 0 Å². The molecular formula is C15H22N2O. The molecule has 1 amide bonds. The fraction of sp³-hybridized carbons (Fsp3) is 0.533. The molecule has 1 aliphatic rings. The molecule has 0 spiro atoms. The van der Waals surface area contributed by atoms with Gasteiger partial charge in [-0.1, -0.05) is 30.3 Å². The van der Waals surface area contributed by atoms with Crippen LogP contribution in [0.5, 0.6) is 0 Å². The van der Waals surface area contributed by atoms with Gasteiger partial charge in [0.1, 0.15) is 0 Å². The summed E-state index contributed by atoms with van der Waals surface area (Å²) in [5.41, 5.74) is 6.70. The monoisotopic (exact) mass is 246 g/mol. The molecule has 1 aromatic rings. The first-order valence-corrected chi connectivity index (χ1v) is 6.81. The number of amides is 1. The Morgan fingerprint density at radius 3 is 2.83 bits per heavy atom. The fourth-order valence-electron chi connectivity index (χ4n) is 2.65. The Hall–Kier alpha value is -1.35. The summed E-state index contributed by atoms with van der Waals surface area (Å²) in [5, 5.41) is 0. The van der Waals surface area contributed by atoms with Crippen molar-refractivity contribution < 1.29 is 4.79 Å². The third kappa shape index (κ3) is 3.57. The summed E-state index contributed by atoms with van der Waals surface area (Å²) in [5.74, 6) is 0.853. The van der Waals surface area contributed by atoms with E-state index in [2.05, 4.69) is 0 Å². The number of nitrogens with zero attached hydrogens (tertiary/aromatic N) is 1. The molecule has 3 nitrogen and oxygen atoms in total. The number of rotatable bonds is 4. The van der Waals surface area contributed by atoms with Crippen LogP contribution in [0.3, 0.4) is 0 Å². The minimum absolute atomic E-state index is 0.253. The Balaban J connectivity index is 1.88. The molecule has 1 heterocycles. The number of benzene rings is 1. The van der Waals surface area contributed by atoms with Gasteiger partial charge in [0.05, 0.1) is 6.42 Å². The maximum Gasteiger partial charge on any atom is 0.226 e. The van der Waals surface area contributed by atoms with Crippen molar-refractivity contribution in [2.75, 3.05) is 19.6 Å². The molecule has 2 N–H and O–H groups in total. The normalized spacial score (nSPS) is 19.8. The fourth-order valence-corrected chi connectivity index (χ4v) is 2.65. The first-order chi connectivity index (χ1) is 8.79. The van der Waals surface area contributed by atoms with E-state index in [1.165, 1.54) is 6.42 Å². The van der Waals surface area contributed by atoms with Gasteiger partial charge in [-0.2, -0.15) is 0 Å². The van der Waals surface area contributed by atoms with Crippen LogP contribution >= 0.6 is 0 Å². The van der Waals surface area contributed by atoms with Crippen LogP contribution in [0, 0.1) is 5.92 Å². The maximum absolute atomic E-state index is 12.2. The Morgan fingerprint density at radius 2 is 2.11 bits per heavy atom. The average molecular weight is 246 g/mol. The molecule has 1 aromatic carbocycles. The van der Waals surface area contributed by atoms with Crippen molar-refractivity contribution in [1.82, 2.24) is 4.90 Å². The number of nitrogens with two attached hydrogens (primary N) is 1. The molecule has 3 heteroatoms. The van der Waals surface area contributed by atoms with Crippen molar-refractivity contribution in [2.45, 2.75) is 25.7 Å². The van der Waals surface area contributed by atoms with Crippen LogP contribution in [0.15, 0.2) is 30.3 Å². The Kier molecular flexibility index (Phi) is 4.76. The minimum atomic E-state index is 0.253. The quantitative estimate of drug-likeness (QED) is 0.881. The van der Waals surface area contributed by atoms with Crippen LogP contribution in [0.2, 0.25) is 0 Å². The predicted octanol–water partition coefficient (Wildman–Crippen LogP) is 1.82.